The first-order valence-electron chi connectivity index (χ1n) is 13.6. The summed E-state index contributed by atoms with van der Waals surface area (Å²) in [4.78, 5) is 42.2. The summed E-state index contributed by atoms with van der Waals surface area (Å²) in [7, 11) is 1.63. The molecule has 10 heteroatoms. The SMILES string of the molecule is CCCCCCCNC(=O)CCCCC(=O)NC.NCCCCCCN.O=C(O)CCCCC(=O)O.[H-]. The zero-order valence-electron chi connectivity index (χ0n) is 23.8. The molecule has 0 aromatic heterocycles. The van der Waals surface area contributed by atoms with Gasteiger partial charge in [0.25, 0.3) is 0 Å². The van der Waals surface area contributed by atoms with Crippen LogP contribution >= 0.6 is 0 Å². The van der Waals surface area contributed by atoms with Crippen LogP contribution in [-0.4, -0.2) is 60.6 Å². The van der Waals surface area contributed by atoms with E-state index in [4.69, 9.17) is 21.7 Å². The molecule has 0 bridgehead atoms. The molecule has 0 heterocycles. The highest BCUT2D eigenvalue weighted by molar-refractivity contribution is 5.76. The Kier molecular flexibility index (Phi) is 34.9. The van der Waals surface area contributed by atoms with Crippen LogP contribution in [0.5, 0.6) is 0 Å². The zero-order valence-corrected chi connectivity index (χ0v) is 22.8. The number of amides is 2. The lowest BCUT2D eigenvalue weighted by Gasteiger charge is -2.05. The Balaban J connectivity index is -0.000000242. The Morgan fingerprint density at radius 2 is 1.03 bits per heavy atom. The van der Waals surface area contributed by atoms with Crippen LogP contribution < -0.4 is 22.1 Å². The average Bonchev–Trinajstić information content (AvgIpc) is 2.85. The van der Waals surface area contributed by atoms with E-state index < -0.39 is 11.9 Å². The molecule has 0 aliphatic rings. The lowest BCUT2D eigenvalue weighted by molar-refractivity contribution is -0.139. The average molecular weight is 520 g/mol. The fraction of sp³-hybridized carbons (Fsp3) is 0.846. The number of carbonyl (C=O) groups excluding carboxylic acids is 2. The fourth-order valence-corrected chi connectivity index (χ4v) is 2.94. The standard InChI is InChI=1S/C14H28N2O2.C6H16N2.C6H10O4.H/c1-3-4-5-6-9-12-16-14(18)11-8-7-10-13(17)15-2;7-5-3-1-2-4-6-8;7-5(8)3-1-2-4-6(9)10;/h3-12H2,1-2H3,(H,15,17)(H,16,18);1-8H2;1-4H2,(H,7,8)(H,9,10);/q;;;-1. The molecule has 0 radical (unpaired) electrons. The Morgan fingerprint density at radius 1 is 0.611 bits per heavy atom. The summed E-state index contributed by atoms with van der Waals surface area (Å²) in [6.07, 6.45) is 14.5. The number of aliphatic carboxylic acids is 2. The van der Waals surface area contributed by atoms with Crippen molar-refractivity contribution in [3.8, 4) is 0 Å². The number of nitrogens with two attached hydrogens (primary N) is 2. The van der Waals surface area contributed by atoms with Crippen LogP contribution in [0.25, 0.3) is 0 Å². The number of carboxylic acids is 2. The molecule has 0 rings (SSSR count). The highest BCUT2D eigenvalue weighted by Gasteiger charge is 2.02. The van der Waals surface area contributed by atoms with Crippen molar-refractivity contribution >= 4 is 23.8 Å². The Labute approximate surface area is 219 Å². The summed E-state index contributed by atoms with van der Waals surface area (Å²) < 4.78 is 0. The first kappa shape index (κ1) is 38.3. The Hall–Kier alpha value is -2.20. The van der Waals surface area contributed by atoms with Gasteiger partial charge >= 0.3 is 11.9 Å². The van der Waals surface area contributed by atoms with Gasteiger partial charge in [-0.3, -0.25) is 19.2 Å². The monoisotopic (exact) mass is 519 g/mol. The normalized spacial score (nSPS) is 9.78. The molecule has 0 aromatic carbocycles. The molecule has 0 aliphatic carbocycles. The topological polar surface area (TPSA) is 185 Å². The quantitative estimate of drug-likeness (QED) is 0.124. The predicted octanol–water partition coefficient (Wildman–Crippen LogP) is 3.67. The van der Waals surface area contributed by atoms with E-state index in [1.54, 1.807) is 7.05 Å². The minimum absolute atomic E-state index is 0. The largest absolute Gasteiger partial charge is 1.00 e. The van der Waals surface area contributed by atoms with Crippen molar-refractivity contribution in [2.75, 3.05) is 26.7 Å². The van der Waals surface area contributed by atoms with Gasteiger partial charge in [0.05, 0.1) is 0 Å². The highest BCUT2D eigenvalue weighted by atomic mass is 16.4. The number of nitrogens with one attached hydrogen (secondary N) is 2. The van der Waals surface area contributed by atoms with Gasteiger partial charge in [0.15, 0.2) is 0 Å². The summed E-state index contributed by atoms with van der Waals surface area (Å²) in [5, 5.41) is 21.8. The highest BCUT2D eigenvalue weighted by Crippen LogP contribution is 2.02. The molecule has 0 saturated heterocycles. The third-order valence-electron chi connectivity index (χ3n) is 5.13. The summed E-state index contributed by atoms with van der Waals surface area (Å²) in [6, 6.07) is 0. The van der Waals surface area contributed by atoms with E-state index >= 15 is 0 Å². The molecular formula is C26H55N4O6-. The van der Waals surface area contributed by atoms with E-state index in [1.165, 1.54) is 38.5 Å². The molecule has 0 aliphatic heterocycles. The van der Waals surface area contributed by atoms with E-state index in [9.17, 15) is 19.2 Å². The van der Waals surface area contributed by atoms with Gasteiger partial charge in [-0.05, 0) is 58.0 Å². The smallest absolute Gasteiger partial charge is 0.303 e. The second-order valence-corrected chi connectivity index (χ2v) is 8.63. The number of hydrogen-bond acceptors (Lipinski definition) is 6. The van der Waals surface area contributed by atoms with Gasteiger partial charge in [-0.2, -0.15) is 0 Å². The van der Waals surface area contributed by atoms with Crippen molar-refractivity contribution in [3.63, 3.8) is 0 Å². The maximum atomic E-state index is 11.4. The number of unbranched alkanes of at least 4 members (excludes halogenated alkanes) is 9. The van der Waals surface area contributed by atoms with Crippen molar-refractivity contribution in [3.05, 3.63) is 0 Å². The summed E-state index contributed by atoms with van der Waals surface area (Å²) in [5.74, 6) is -1.58. The molecule has 0 aromatic rings. The van der Waals surface area contributed by atoms with E-state index in [2.05, 4.69) is 17.6 Å². The van der Waals surface area contributed by atoms with Gasteiger partial charge in [-0.1, -0.05) is 45.4 Å². The molecule has 0 unspecified atom stereocenters. The van der Waals surface area contributed by atoms with E-state index in [1.807, 2.05) is 0 Å². The molecule has 0 spiro atoms. The maximum Gasteiger partial charge on any atom is 0.303 e. The van der Waals surface area contributed by atoms with Gasteiger partial charge in [0.1, 0.15) is 0 Å². The first-order valence-corrected chi connectivity index (χ1v) is 13.6. The molecule has 2 amide bonds. The van der Waals surface area contributed by atoms with E-state index in [-0.39, 0.29) is 26.1 Å². The van der Waals surface area contributed by atoms with Gasteiger partial charge in [-0.15, -0.1) is 0 Å². The van der Waals surface area contributed by atoms with Crippen molar-refractivity contribution in [2.24, 2.45) is 11.5 Å². The van der Waals surface area contributed by atoms with Gasteiger partial charge in [-0.25, -0.2) is 0 Å². The molecule has 36 heavy (non-hydrogen) atoms. The molecule has 0 saturated carbocycles. The number of carboxylic acid groups (broad SMARTS) is 2. The van der Waals surface area contributed by atoms with Crippen LogP contribution in [0.15, 0.2) is 0 Å². The second-order valence-electron chi connectivity index (χ2n) is 8.63. The minimum Gasteiger partial charge on any atom is -1.00 e. The van der Waals surface area contributed by atoms with Crippen molar-refractivity contribution in [1.82, 2.24) is 10.6 Å². The molecule has 0 atom stereocenters. The predicted molar refractivity (Wildman–Crippen MR) is 146 cm³/mol. The first-order chi connectivity index (χ1) is 17.2. The van der Waals surface area contributed by atoms with E-state index in [0.29, 0.717) is 25.7 Å². The van der Waals surface area contributed by atoms with Crippen LogP contribution in [0.1, 0.15) is 118 Å². The van der Waals surface area contributed by atoms with E-state index in [0.717, 1.165) is 51.7 Å². The maximum absolute atomic E-state index is 11.4. The molecule has 8 N–H and O–H groups in total. The van der Waals surface area contributed by atoms with Gasteiger partial charge < -0.3 is 33.7 Å². The Bertz CT molecular complexity index is 517. The lowest BCUT2D eigenvalue weighted by Crippen LogP contribution is -2.24. The van der Waals surface area contributed by atoms with Crippen LogP contribution in [-0.2, 0) is 19.2 Å². The molecule has 216 valence electrons. The van der Waals surface area contributed by atoms with Crippen molar-refractivity contribution in [2.45, 2.75) is 116 Å². The van der Waals surface area contributed by atoms with Crippen LogP contribution in [0, 0.1) is 0 Å². The fourth-order valence-electron chi connectivity index (χ4n) is 2.94. The molecular weight excluding hydrogens is 464 g/mol. The van der Waals surface area contributed by atoms with Gasteiger partial charge in [0.2, 0.25) is 11.8 Å². The lowest BCUT2D eigenvalue weighted by atomic mass is 10.1. The van der Waals surface area contributed by atoms with Gasteiger partial charge in [0, 0.05) is 39.3 Å². The summed E-state index contributed by atoms with van der Waals surface area (Å²) in [5.41, 5.74) is 10.6. The second kappa shape index (κ2) is 32.8. The zero-order chi connectivity index (χ0) is 27.9. The van der Waals surface area contributed by atoms with Crippen LogP contribution in [0.2, 0.25) is 0 Å². The Morgan fingerprint density at radius 3 is 1.44 bits per heavy atom. The number of carbonyl (C=O) groups is 4. The number of rotatable bonds is 21. The molecule has 10 nitrogen and oxygen atoms in total. The number of hydrogen-bond donors (Lipinski definition) is 6. The summed E-state index contributed by atoms with van der Waals surface area (Å²) >= 11 is 0. The van der Waals surface area contributed by atoms with Crippen molar-refractivity contribution < 1.29 is 30.8 Å². The molecule has 0 fully saturated rings. The minimum atomic E-state index is -0.870. The third kappa shape index (κ3) is 42.0. The third-order valence-corrected chi connectivity index (χ3v) is 5.13. The van der Waals surface area contributed by atoms with Crippen molar-refractivity contribution in [1.29, 1.82) is 0 Å². The van der Waals surface area contributed by atoms with Crippen LogP contribution in [0.3, 0.4) is 0 Å². The summed E-state index contributed by atoms with van der Waals surface area (Å²) in [6.45, 7) is 4.63. The van der Waals surface area contributed by atoms with Crippen LogP contribution in [0.4, 0.5) is 0 Å².